The molecule has 0 aliphatic heterocycles. The number of anilines is 1. The van der Waals surface area contributed by atoms with Crippen molar-refractivity contribution < 1.29 is 23.4 Å². The van der Waals surface area contributed by atoms with Gasteiger partial charge in [0, 0.05) is 18.0 Å². The van der Waals surface area contributed by atoms with E-state index in [-0.39, 0.29) is 24.0 Å². The molecule has 0 spiro atoms. The number of aliphatic hydroxyl groups excluding tert-OH is 1. The minimum atomic E-state index is -3.58. The molecule has 0 amide bonds. The molecule has 0 radical (unpaired) electrons. The first-order valence-corrected chi connectivity index (χ1v) is 13.5. The fourth-order valence-corrected chi connectivity index (χ4v) is 4.90. The fraction of sp³-hybridized carbons (Fsp3) is 0.214. The van der Waals surface area contributed by atoms with Crippen molar-refractivity contribution in [2.75, 3.05) is 24.6 Å². The molecule has 188 valence electrons. The fourth-order valence-electron chi connectivity index (χ4n) is 4.33. The van der Waals surface area contributed by atoms with Gasteiger partial charge in [-0.1, -0.05) is 66.7 Å². The second-order valence-electron chi connectivity index (χ2n) is 8.72. The molecule has 4 aromatic carbocycles. The molecule has 36 heavy (non-hydrogen) atoms. The summed E-state index contributed by atoms with van der Waals surface area (Å²) in [5.74, 6) is 0.582. The number of phenols is 1. The van der Waals surface area contributed by atoms with E-state index >= 15 is 0 Å². The summed E-state index contributed by atoms with van der Waals surface area (Å²) in [5.41, 5.74) is 2.72. The first-order valence-electron chi connectivity index (χ1n) is 11.6. The number of phenolic OH excluding ortho intramolecular Hbond substituents is 1. The van der Waals surface area contributed by atoms with Crippen molar-refractivity contribution >= 4 is 26.5 Å². The second-order valence-corrected chi connectivity index (χ2v) is 10.5. The van der Waals surface area contributed by atoms with Gasteiger partial charge in [0.15, 0.2) is 0 Å². The van der Waals surface area contributed by atoms with Crippen LogP contribution in [0.4, 0.5) is 5.69 Å². The molecule has 0 aliphatic carbocycles. The van der Waals surface area contributed by atoms with Crippen molar-refractivity contribution in [1.82, 2.24) is 5.32 Å². The van der Waals surface area contributed by atoms with Crippen LogP contribution in [0.15, 0.2) is 84.9 Å². The molecular formula is C28H30N2O5S. The van der Waals surface area contributed by atoms with Crippen LogP contribution in [0.2, 0.25) is 0 Å². The van der Waals surface area contributed by atoms with Gasteiger partial charge in [-0.05, 0) is 46.7 Å². The summed E-state index contributed by atoms with van der Waals surface area (Å²) in [6.45, 7) is 0.209. The Morgan fingerprint density at radius 1 is 0.917 bits per heavy atom. The predicted octanol–water partition coefficient (Wildman–Crippen LogP) is 4.53. The van der Waals surface area contributed by atoms with Crippen molar-refractivity contribution in [2.45, 2.75) is 18.6 Å². The monoisotopic (exact) mass is 506 g/mol. The van der Waals surface area contributed by atoms with E-state index in [9.17, 15) is 18.6 Å². The number of methoxy groups -OCH3 is 1. The van der Waals surface area contributed by atoms with Crippen LogP contribution in [0.3, 0.4) is 0 Å². The molecule has 4 rings (SSSR count). The molecule has 0 unspecified atom stereocenters. The quantitative estimate of drug-likeness (QED) is 0.235. The van der Waals surface area contributed by atoms with Crippen molar-refractivity contribution in [3.63, 3.8) is 0 Å². The molecule has 0 aliphatic rings. The Labute approximate surface area is 211 Å². The van der Waals surface area contributed by atoms with Gasteiger partial charge in [-0.15, -0.1) is 0 Å². The average Bonchev–Trinajstić information content (AvgIpc) is 2.87. The van der Waals surface area contributed by atoms with Crippen molar-refractivity contribution in [1.29, 1.82) is 0 Å². The first kappa shape index (κ1) is 25.5. The summed E-state index contributed by atoms with van der Waals surface area (Å²) in [5, 5.41) is 26.5. The van der Waals surface area contributed by atoms with Crippen molar-refractivity contribution in [3.8, 4) is 11.5 Å². The van der Waals surface area contributed by atoms with Crippen LogP contribution in [-0.2, 0) is 16.4 Å². The Balaban J connectivity index is 1.63. The molecule has 0 saturated heterocycles. The topological polar surface area (TPSA) is 108 Å². The summed E-state index contributed by atoms with van der Waals surface area (Å²) in [7, 11) is -1.93. The lowest BCUT2D eigenvalue weighted by molar-refractivity contribution is 0.169. The molecule has 0 aromatic heterocycles. The lowest BCUT2D eigenvalue weighted by Crippen LogP contribution is -2.28. The zero-order valence-corrected chi connectivity index (χ0v) is 21.0. The zero-order chi connectivity index (χ0) is 25.7. The van der Waals surface area contributed by atoms with Crippen LogP contribution in [0.25, 0.3) is 10.8 Å². The molecular weight excluding hydrogens is 476 g/mol. The summed E-state index contributed by atoms with van der Waals surface area (Å²) in [6, 6.07) is 26.4. The van der Waals surface area contributed by atoms with Crippen LogP contribution >= 0.6 is 0 Å². The lowest BCUT2D eigenvalue weighted by Gasteiger charge is -2.24. The Morgan fingerprint density at radius 2 is 1.61 bits per heavy atom. The molecule has 8 heteroatoms. The van der Waals surface area contributed by atoms with Gasteiger partial charge in [0.1, 0.15) is 11.5 Å². The maximum Gasteiger partial charge on any atom is 0.229 e. The summed E-state index contributed by atoms with van der Waals surface area (Å²) >= 11 is 0. The molecule has 4 aromatic rings. The Morgan fingerprint density at radius 3 is 2.31 bits per heavy atom. The van der Waals surface area contributed by atoms with Crippen LogP contribution in [-0.4, -0.2) is 38.5 Å². The Bertz CT molecular complexity index is 1440. The molecule has 0 heterocycles. The number of fused-ring (bicyclic) bond motifs is 1. The van der Waals surface area contributed by atoms with Gasteiger partial charge < -0.3 is 20.3 Å². The SMILES string of the molecule is COc1ccc([C@@H](Cc2ccccc2)NC[C@@H](O)c2ccc(O)c(NS(C)(=O)=O)c2)c2ccccc12. The first-order chi connectivity index (χ1) is 17.2. The highest BCUT2D eigenvalue weighted by atomic mass is 32.2. The minimum absolute atomic E-state index is 0.0241. The Kier molecular flexibility index (Phi) is 7.79. The second kappa shape index (κ2) is 11.0. The highest BCUT2D eigenvalue weighted by molar-refractivity contribution is 7.92. The van der Waals surface area contributed by atoms with E-state index in [1.165, 1.54) is 12.1 Å². The average molecular weight is 507 g/mol. The van der Waals surface area contributed by atoms with E-state index in [1.54, 1.807) is 13.2 Å². The summed E-state index contributed by atoms with van der Waals surface area (Å²) in [6.07, 6.45) is 0.763. The summed E-state index contributed by atoms with van der Waals surface area (Å²) < 4.78 is 31.1. The van der Waals surface area contributed by atoms with Gasteiger partial charge in [-0.2, -0.15) is 0 Å². The van der Waals surface area contributed by atoms with E-state index in [4.69, 9.17) is 4.74 Å². The number of rotatable bonds is 10. The van der Waals surface area contributed by atoms with Gasteiger partial charge in [0.25, 0.3) is 0 Å². The number of sulfonamides is 1. The number of nitrogens with one attached hydrogen (secondary N) is 2. The maximum atomic E-state index is 11.6. The molecule has 0 fully saturated rings. The predicted molar refractivity (Wildman–Crippen MR) is 143 cm³/mol. The number of benzene rings is 4. The van der Waals surface area contributed by atoms with Crippen molar-refractivity contribution in [2.24, 2.45) is 0 Å². The number of hydrogen-bond donors (Lipinski definition) is 4. The molecule has 0 bridgehead atoms. The van der Waals surface area contributed by atoms with Gasteiger partial charge in [-0.25, -0.2) is 8.42 Å². The number of aromatic hydroxyl groups is 1. The lowest BCUT2D eigenvalue weighted by atomic mass is 9.93. The van der Waals surface area contributed by atoms with E-state index in [0.717, 1.165) is 33.9 Å². The molecule has 2 atom stereocenters. The smallest absolute Gasteiger partial charge is 0.229 e. The maximum absolute atomic E-state index is 11.6. The van der Waals surface area contributed by atoms with Crippen LogP contribution in [0.5, 0.6) is 11.5 Å². The normalized spacial score (nSPS) is 13.3. The van der Waals surface area contributed by atoms with Gasteiger partial charge in [0.2, 0.25) is 10.0 Å². The van der Waals surface area contributed by atoms with Crippen molar-refractivity contribution in [3.05, 3.63) is 102 Å². The zero-order valence-electron chi connectivity index (χ0n) is 20.2. The van der Waals surface area contributed by atoms with Gasteiger partial charge in [-0.3, -0.25) is 4.72 Å². The summed E-state index contributed by atoms with van der Waals surface area (Å²) in [4.78, 5) is 0. The van der Waals surface area contributed by atoms with E-state index in [0.29, 0.717) is 12.0 Å². The van der Waals surface area contributed by atoms with E-state index < -0.39 is 16.1 Å². The highest BCUT2D eigenvalue weighted by Crippen LogP contribution is 2.33. The minimum Gasteiger partial charge on any atom is -0.506 e. The third-order valence-electron chi connectivity index (χ3n) is 6.05. The standard InChI is InChI=1S/C28H30N2O5S/c1-35-28-15-13-22(21-10-6-7-11-23(21)28)24(16-19-8-4-3-5-9-19)29-18-27(32)20-12-14-26(31)25(17-20)30-36(2,33)34/h3-15,17,24,27,29-32H,16,18H2,1-2H3/t24-,27-/m1/s1. The molecule has 7 nitrogen and oxygen atoms in total. The van der Waals surface area contributed by atoms with E-state index in [2.05, 4.69) is 28.2 Å². The van der Waals surface area contributed by atoms with Crippen LogP contribution < -0.4 is 14.8 Å². The van der Waals surface area contributed by atoms with Gasteiger partial charge in [0.05, 0.1) is 25.2 Å². The number of aliphatic hydroxyl groups is 1. The van der Waals surface area contributed by atoms with E-state index in [1.807, 2.05) is 48.5 Å². The largest absolute Gasteiger partial charge is 0.506 e. The van der Waals surface area contributed by atoms with Crippen LogP contribution in [0, 0.1) is 0 Å². The highest BCUT2D eigenvalue weighted by Gasteiger charge is 2.19. The van der Waals surface area contributed by atoms with Crippen LogP contribution in [0.1, 0.15) is 28.8 Å². The third kappa shape index (κ3) is 6.15. The number of ether oxygens (including phenoxy) is 1. The molecule has 4 N–H and O–H groups in total. The molecule has 0 saturated carbocycles. The Hall–Kier alpha value is -3.59. The number of hydrogen-bond acceptors (Lipinski definition) is 6. The third-order valence-corrected chi connectivity index (χ3v) is 6.64. The van der Waals surface area contributed by atoms with Gasteiger partial charge >= 0.3 is 0 Å².